The molecule has 17 nitrogen and oxygen atoms in total. The number of rotatable bonds is 10. The van der Waals surface area contributed by atoms with Crippen LogP contribution in [0.15, 0.2) is 51.2 Å². The molecule has 10 unspecified atom stereocenters. The number of carbonyl (C=O) groups excluding carboxylic acids is 2. The molecule has 10 atom stereocenters. The van der Waals surface area contributed by atoms with Crippen LogP contribution < -0.4 is 14.9 Å². The third-order valence-corrected chi connectivity index (χ3v) is 8.64. The number of aromatic hydroxyl groups is 2. The topological polar surface area (TPSA) is 250 Å². The van der Waals surface area contributed by atoms with Gasteiger partial charge < -0.3 is 68.2 Å². The highest BCUT2D eigenvalue weighted by molar-refractivity contribution is 5.91. The largest absolute Gasteiger partial charge is 0.507 e. The highest BCUT2D eigenvalue weighted by Crippen LogP contribution is 2.41. The van der Waals surface area contributed by atoms with Crippen molar-refractivity contribution in [3.8, 4) is 34.3 Å². The van der Waals surface area contributed by atoms with Crippen molar-refractivity contribution in [3.05, 3.63) is 57.8 Å². The molecule has 53 heavy (non-hydrogen) atoms. The van der Waals surface area contributed by atoms with Crippen LogP contribution in [0.1, 0.15) is 40.2 Å². The predicted molar refractivity (Wildman–Crippen MR) is 181 cm³/mol. The second-order valence-electron chi connectivity index (χ2n) is 12.8. The molecule has 288 valence electrons. The van der Waals surface area contributed by atoms with Gasteiger partial charge in [-0.15, -0.1) is 0 Å². The quantitative estimate of drug-likeness (QED) is 0.127. The molecule has 5 rings (SSSR count). The fourth-order valence-electron chi connectivity index (χ4n) is 5.97. The monoisotopic (exact) mass is 746 g/mol. The second kappa shape index (κ2) is 16.1. The fraction of sp³-hybridized carbons (Fsp3) is 0.472. The number of ether oxygens (including phenoxy) is 7. The minimum absolute atomic E-state index is 0.133. The summed E-state index contributed by atoms with van der Waals surface area (Å²) in [7, 11) is 1.46. The lowest BCUT2D eigenvalue weighted by Crippen LogP contribution is -2.65. The molecule has 17 heteroatoms. The minimum atomic E-state index is -1.96. The normalized spacial score (nSPS) is 28.6. The molecule has 0 saturated carbocycles. The number of phenolic OH excluding ortho intramolecular Hbond substituents is 2. The van der Waals surface area contributed by atoms with Crippen LogP contribution in [0.25, 0.3) is 22.3 Å². The first-order chi connectivity index (χ1) is 25.0. The van der Waals surface area contributed by atoms with Gasteiger partial charge in [-0.1, -0.05) is 11.6 Å². The van der Waals surface area contributed by atoms with Crippen molar-refractivity contribution < 1.29 is 77.8 Å². The van der Waals surface area contributed by atoms with Gasteiger partial charge >= 0.3 is 11.9 Å². The minimum Gasteiger partial charge on any atom is -0.507 e. The van der Waals surface area contributed by atoms with Crippen molar-refractivity contribution in [2.24, 2.45) is 0 Å². The average molecular weight is 747 g/mol. The number of hydrogen-bond acceptors (Lipinski definition) is 17. The first kappa shape index (κ1) is 39.5. The van der Waals surface area contributed by atoms with Crippen LogP contribution >= 0.6 is 0 Å². The van der Waals surface area contributed by atoms with E-state index in [1.807, 2.05) is 13.8 Å². The van der Waals surface area contributed by atoms with Gasteiger partial charge in [0.2, 0.25) is 23.8 Å². The van der Waals surface area contributed by atoms with Gasteiger partial charge in [-0.2, -0.15) is 0 Å². The second-order valence-corrected chi connectivity index (χ2v) is 12.8. The van der Waals surface area contributed by atoms with E-state index in [1.165, 1.54) is 14.0 Å². The summed E-state index contributed by atoms with van der Waals surface area (Å²) in [6, 6.07) is 7.27. The van der Waals surface area contributed by atoms with Crippen molar-refractivity contribution in [2.75, 3.05) is 7.11 Å². The highest BCUT2D eigenvalue weighted by Gasteiger charge is 2.53. The number of hydrogen-bond donors (Lipinski definition) is 6. The van der Waals surface area contributed by atoms with Gasteiger partial charge in [0.1, 0.15) is 58.7 Å². The molecule has 1 aromatic heterocycles. The van der Waals surface area contributed by atoms with Crippen LogP contribution in [0.3, 0.4) is 0 Å². The van der Waals surface area contributed by atoms with E-state index in [9.17, 15) is 45.0 Å². The SMILES string of the molecule is COc1ccc(-c2oc3c(CC=C(C)C)c(O)cc(O)c3c(=O)c2OC2OC(C)C(OC(C)=O)C(OC3OC(OC(C)=O)C(O)C(O)C3O)C2O)cc1. The van der Waals surface area contributed by atoms with Crippen LogP contribution in [0.5, 0.6) is 23.0 Å². The maximum absolute atomic E-state index is 14.3. The van der Waals surface area contributed by atoms with Crippen LogP contribution in [0, 0.1) is 0 Å². The summed E-state index contributed by atoms with van der Waals surface area (Å²) in [5.41, 5.74) is 0.335. The number of methoxy groups -OCH3 is 1. The van der Waals surface area contributed by atoms with Gasteiger partial charge in [0.05, 0.1) is 13.2 Å². The maximum atomic E-state index is 14.3. The number of carbonyl (C=O) groups is 2. The number of esters is 2. The Morgan fingerprint density at radius 1 is 0.811 bits per heavy atom. The fourth-order valence-corrected chi connectivity index (χ4v) is 5.97. The number of fused-ring (bicyclic) bond motifs is 1. The molecule has 6 N–H and O–H groups in total. The van der Waals surface area contributed by atoms with E-state index < -0.39 is 90.5 Å². The van der Waals surface area contributed by atoms with E-state index in [-0.39, 0.29) is 40.0 Å². The highest BCUT2D eigenvalue weighted by atomic mass is 16.8. The first-order valence-electron chi connectivity index (χ1n) is 16.5. The molecule has 0 spiro atoms. The number of phenols is 2. The van der Waals surface area contributed by atoms with Gasteiger partial charge in [-0.25, -0.2) is 0 Å². The van der Waals surface area contributed by atoms with Crippen LogP contribution in [0.2, 0.25) is 0 Å². The Morgan fingerprint density at radius 3 is 2.06 bits per heavy atom. The van der Waals surface area contributed by atoms with E-state index in [2.05, 4.69) is 0 Å². The molecule has 2 aliphatic heterocycles. The Morgan fingerprint density at radius 2 is 1.45 bits per heavy atom. The Hall–Kier alpha value is -4.75. The molecule has 3 aromatic rings. The van der Waals surface area contributed by atoms with Gasteiger partial charge in [-0.05, 0) is 51.5 Å². The Balaban J connectivity index is 1.61. The van der Waals surface area contributed by atoms with Crippen molar-refractivity contribution in [1.29, 1.82) is 0 Å². The zero-order valence-electron chi connectivity index (χ0n) is 29.6. The number of aliphatic hydroxyl groups is 4. The average Bonchev–Trinajstić information content (AvgIpc) is 3.09. The molecule has 2 aliphatic rings. The summed E-state index contributed by atoms with van der Waals surface area (Å²) in [6.45, 7) is 7.22. The lowest BCUT2D eigenvalue weighted by Gasteiger charge is -2.46. The number of allylic oxidation sites excluding steroid dienone is 2. The molecular weight excluding hydrogens is 704 g/mol. The maximum Gasteiger partial charge on any atom is 0.305 e. The lowest BCUT2D eigenvalue weighted by atomic mass is 9.98. The van der Waals surface area contributed by atoms with E-state index in [0.717, 1.165) is 25.5 Å². The molecule has 2 aromatic carbocycles. The standard InChI is InChI=1S/C36H42O17/c1-14(2)7-12-20-21(39)13-22(40)23-24(41)32(30(50-31(20)23)18-8-10-19(46-6)11-9-18)51-36-28(45)33(29(15(3)47-36)48-16(4)37)52-35-27(44)25(42)26(43)34(53-35)49-17(5)38/h7-11,13,15,25-29,33-36,39-40,42-45H,12H2,1-6H3. The summed E-state index contributed by atoms with van der Waals surface area (Å²) in [6.07, 6.45) is -15.5. The summed E-state index contributed by atoms with van der Waals surface area (Å²) >= 11 is 0. The molecule has 0 amide bonds. The number of benzene rings is 2. The molecule has 0 bridgehead atoms. The zero-order valence-corrected chi connectivity index (χ0v) is 29.6. The zero-order chi connectivity index (χ0) is 38.9. The van der Waals surface area contributed by atoms with Gasteiger partial charge in [0, 0.05) is 31.0 Å². The van der Waals surface area contributed by atoms with Crippen LogP contribution in [-0.4, -0.2) is 111 Å². The Bertz CT molecular complexity index is 1900. The van der Waals surface area contributed by atoms with Crippen molar-refractivity contribution >= 4 is 22.9 Å². The van der Waals surface area contributed by atoms with E-state index in [0.29, 0.717) is 5.75 Å². The Labute approximate surface area is 302 Å². The molecule has 3 heterocycles. The van der Waals surface area contributed by atoms with Gasteiger partial charge in [-0.3, -0.25) is 14.4 Å². The Kier molecular flexibility index (Phi) is 12.0. The van der Waals surface area contributed by atoms with Crippen LogP contribution in [-0.2, 0) is 39.7 Å². The third kappa shape index (κ3) is 8.26. The summed E-state index contributed by atoms with van der Waals surface area (Å²) in [5, 5.41) is 64.5. The molecule has 2 fully saturated rings. The van der Waals surface area contributed by atoms with E-state index in [4.69, 9.17) is 37.6 Å². The molecule has 0 aliphatic carbocycles. The summed E-state index contributed by atoms with van der Waals surface area (Å²) in [5.74, 6) is -2.93. The molecule has 0 radical (unpaired) electrons. The van der Waals surface area contributed by atoms with Crippen LogP contribution in [0.4, 0.5) is 0 Å². The van der Waals surface area contributed by atoms with Gasteiger partial charge in [0.15, 0.2) is 18.2 Å². The van der Waals surface area contributed by atoms with Crippen molar-refractivity contribution in [3.63, 3.8) is 0 Å². The van der Waals surface area contributed by atoms with E-state index in [1.54, 1.807) is 30.3 Å². The van der Waals surface area contributed by atoms with Crippen molar-refractivity contribution in [1.82, 2.24) is 0 Å². The first-order valence-corrected chi connectivity index (χ1v) is 16.5. The lowest BCUT2D eigenvalue weighted by molar-refractivity contribution is -0.373. The summed E-state index contributed by atoms with van der Waals surface area (Å²) in [4.78, 5) is 38.1. The third-order valence-electron chi connectivity index (χ3n) is 8.64. The molecule has 2 saturated heterocycles. The smallest absolute Gasteiger partial charge is 0.305 e. The molecular formula is C36H42O17. The van der Waals surface area contributed by atoms with E-state index >= 15 is 0 Å². The number of aliphatic hydroxyl groups excluding tert-OH is 4. The van der Waals surface area contributed by atoms with Crippen molar-refractivity contribution in [2.45, 2.75) is 103 Å². The summed E-state index contributed by atoms with van der Waals surface area (Å²) < 4.78 is 45.1. The van der Waals surface area contributed by atoms with Gasteiger partial charge in [0.25, 0.3) is 0 Å². The predicted octanol–water partition coefficient (Wildman–Crippen LogP) is 1.52.